The minimum Gasteiger partial charge on any atom is -0.326 e. The quantitative estimate of drug-likeness (QED) is 0.782. The molecule has 0 heterocycles. The molecule has 3 N–H and O–H groups in total. The number of sulfonamides is 1. The van der Waals surface area contributed by atoms with Gasteiger partial charge in [0.1, 0.15) is 0 Å². The van der Waals surface area contributed by atoms with E-state index in [0.29, 0.717) is 16.9 Å². The summed E-state index contributed by atoms with van der Waals surface area (Å²) in [5.74, 6) is 0.564. The molecule has 6 heteroatoms. The van der Waals surface area contributed by atoms with Crippen LogP contribution in [0.5, 0.6) is 0 Å². The summed E-state index contributed by atoms with van der Waals surface area (Å²) in [6.45, 7) is 6.46. The molecule has 0 amide bonds. The summed E-state index contributed by atoms with van der Waals surface area (Å²) in [5.41, 5.74) is 6.36. The molecule has 1 aromatic rings. The van der Waals surface area contributed by atoms with E-state index in [4.69, 9.17) is 5.73 Å². The van der Waals surface area contributed by atoms with Gasteiger partial charge in [0.05, 0.1) is 4.90 Å². The molecule has 0 aromatic heterocycles. The molecule has 0 aliphatic rings. The lowest BCUT2D eigenvalue weighted by atomic mass is 10.1. The Hall–Kier alpha value is -0.430. The van der Waals surface area contributed by atoms with Crippen molar-refractivity contribution in [1.29, 1.82) is 0 Å². The lowest BCUT2D eigenvalue weighted by molar-refractivity contribution is 0.485. The Bertz CT molecular complexity index is 544. The maximum absolute atomic E-state index is 12.4. The van der Waals surface area contributed by atoms with Gasteiger partial charge in [0.25, 0.3) is 0 Å². The molecular formula is C14H23BrN2O2S. The van der Waals surface area contributed by atoms with Crippen LogP contribution in [0.15, 0.2) is 27.6 Å². The Morgan fingerprint density at radius 1 is 1.25 bits per heavy atom. The number of nitrogens with one attached hydrogen (secondary N) is 1. The number of rotatable bonds is 7. The largest absolute Gasteiger partial charge is 0.326 e. The van der Waals surface area contributed by atoms with Crippen LogP contribution in [0.25, 0.3) is 0 Å². The zero-order valence-corrected chi connectivity index (χ0v) is 14.6. The summed E-state index contributed by atoms with van der Waals surface area (Å²) in [6.07, 6.45) is 1.82. The first kappa shape index (κ1) is 17.6. The van der Waals surface area contributed by atoms with E-state index in [1.54, 1.807) is 12.1 Å². The maximum atomic E-state index is 12.4. The van der Waals surface area contributed by atoms with Crippen molar-refractivity contribution in [3.63, 3.8) is 0 Å². The van der Waals surface area contributed by atoms with E-state index in [1.807, 2.05) is 13.0 Å². The van der Waals surface area contributed by atoms with Crippen molar-refractivity contribution >= 4 is 26.0 Å². The van der Waals surface area contributed by atoms with Gasteiger partial charge in [-0.1, -0.05) is 19.9 Å². The molecule has 1 atom stereocenters. The molecule has 1 rings (SSSR count). The van der Waals surface area contributed by atoms with Gasteiger partial charge in [-0.25, -0.2) is 13.1 Å². The standard InChI is InChI=1S/C14H23BrN2O2S/c1-10(2)4-5-11(3)17-20(18,19)14-8-12(9-16)6-7-13(14)15/h6-8,10-11,17H,4-5,9,16H2,1-3H3. The zero-order chi connectivity index (χ0) is 15.3. The number of benzene rings is 1. The van der Waals surface area contributed by atoms with Crippen LogP contribution in [-0.4, -0.2) is 14.5 Å². The Morgan fingerprint density at radius 3 is 2.45 bits per heavy atom. The van der Waals surface area contributed by atoms with Crippen molar-refractivity contribution in [2.45, 2.75) is 51.1 Å². The van der Waals surface area contributed by atoms with Crippen LogP contribution < -0.4 is 10.5 Å². The average Bonchev–Trinajstić information content (AvgIpc) is 2.36. The minimum atomic E-state index is -3.52. The van der Waals surface area contributed by atoms with Gasteiger partial charge in [0.2, 0.25) is 10.0 Å². The molecule has 4 nitrogen and oxygen atoms in total. The number of hydrogen-bond acceptors (Lipinski definition) is 3. The van der Waals surface area contributed by atoms with Gasteiger partial charge < -0.3 is 5.73 Å². The van der Waals surface area contributed by atoms with Crippen LogP contribution in [0, 0.1) is 5.92 Å². The molecular weight excluding hydrogens is 340 g/mol. The molecule has 1 unspecified atom stereocenters. The summed E-state index contributed by atoms with van der Waals surface area (Å²) < 4.78 is 28.1. The van der Waals surface area contributed by atoms with E-state index in [9.17, 15) is 8.42 Å². The van der Waals surface area contributed by atoms with Gasteiger partial charge >= 0.3 is 0 Å². The molecule has 0 fully saturated rings. The van der Waals surface area contributed by atoms with Crippen molar-refractivity contribution < 1.29 is 8.42 Å². The third-order valence-electron chi connectivity index (χ3n) is 3.05. The smallest absolute Gasteiger partial charge is 0.241 e. The second-order valence-electron chi connectivity index (χ2n) is 5.46. The monoisotopic (exact) mass is 362 g/mol. The normalized spacial score (nSPS) is 13.7. The van der Waals surface area contributed by atoms with Crippen LogP contribution in [0.2, 0.25) is 0 Å². The SMILES string of the molecule is CC(C)CCC(C)NS(=O)(=O)c1cc(CN)ccc1Br. The van der Waals surface area contributed by atoms with E-state index in [0.717, 1.165) is 18.4 Å². The van der Waals surface area contributed by atoms with Crippen molar-refractivity contribution in [3.05, 3.63) is 28.2 Å². The second-order valence-corrected chi connectivity index (χ2v) is 8.00. The molecule has 0 aliphatic carbocycles. The highest BCUT2D eigenvalue weighted by Gasteiger charge is 2.20. The summed E-state index contributed by atoms with van der Waals surface area (Å²) in [6, 6.07) is 5.05. The van der Waals surface area contributed by atoms with Gasteiger partial charge in [0.15, 0.2) is 0 Å². The van der Waals surface area contributed by atoms with Crippen molar-refractivity contribution in [3.8, 4) is 0 Å². The Balaban J connectivity index is 2.88. The predicted octanol–water partition coefficient (Wildman–Crippen LogP) is 3.01. The summed E-state index contributed by atoms with van der Waals surface area (Å²) >= 11 is 3.29. The van der Waals surface area contributed by atoms with Crippen LogP contribution in [-0.2, 0) is 16.6 Å². The van der Waals surface area contributed by atoms with Crippen LogP contribution in [0.4, 0.5) is 0 Å². The van der Waals surface area contributed by atoms with E-state index >= 15 is 0 Å². The Kier molecular flexibility index (Phi) is 6.64. The average molecular weight is 363 g/mol. The molecule has 0 aliphatic heterocycles. The molecule has 0 radical (unpaired) electrons. The number of hydrogen-bond donors (Lipinski definition) is 2. The fourth-order valence-electron chi connectivity index (χ4n) is 1.85. The molecule has 1 aromatic carbocycles. The fraction of sp³-hybridized carbons (Fsp3) is 0.571. The first-order valence-electron chi connectivity index (χ1n) is 6.77. The van der Waals surface area contributed by atoms with Crippen molar-refractivity contribution in [2.24, 2.45) is 11.7 Å². The molecule has 114 valence electrons. The predicted molar refractivity (Wildman–Crippen MR) is 85.9 cm³/mol. The molecule has 20 heavy (non-hydrogen) atoms. The highest BCUT2D eigenvalue weighted by atomic mass is 79.9. The molecule has 0 bridgehead atoms. The summed E-state index contributed by atoms with van der Waals surface area (Å²) in [4.78, 5) is 0.247. The second kappa shape index (κ2) is 7.54. The summed E-state index contributed by atoms with van der Waals surface area (Å²) in [5, 5.41) is 0. The van der Waals surface area contributed by atoms with E-state index < -0.39 is 10.0 Å². The minimum absolute atomic E-state index is 0.0872. The van der Waals surface area contributed by atoms with E-state index in [1.165, 1.54) is 0 Å². The lowest BCUT2D eigenvalue weighted by Gasteiger charge is -2.16. The number of halogens is 1. The first-order valence-corrected chi connectivity index (χ1v) is 9.04. The van der Waals surface area contributed by atoms with E-state index in [2.05, 4.69) is 34.5 Å². The van der Waals surface area contributed by atoms with Crippen LogP contribution in [0.3, 0.4) is 0 Å². The Labute approximate surface area is 130 Å². The maximum Gasteiger partial charge on any atom is 0.241 e. The van der Waals surface area contributed by atoms with Gasteiger partial charge in [-0.2, -0.15) is 0 Å². The van der Waals surface area contributed by atoms with E-state index in [-0.39, 0.29) is 10.9 Å². The highest BCUT2D eigenvalue weighted by Crippen LogP contribution is 2.23. The summed E-state index contributed by atoms with van der Waals surface area (Å²) in [7, 11) is -3.52. The Morgan fingerprint density at radius 2 is 1.90 bits per heavy atom. The third kappa shape index (κ3) is 5.16. The van der Waals surface area contributed by atoms with Gasteiger partial charge in [-0.3, -0.25) is 0 Å². The lowest BCUT2D eigenvalue weighted by Crippen LogP contribution is -2.33. The third-order valence-corrected chi connectivity index (χ3v) is 5.64. The highest BCUT2D eigenvalue weighted by molar-refractivity contribution is 9.10. The van der Waals surface area contributed by atoms with Crippen LogP contribution in [0.1, 0.15) is 39.2 Å². The fourth-order valence-corrected chi connectivity index (χ4v) is 4.14. The molecule has 0 saturated carbocycles. The van der Waals surface area contributed by atoms with Crippen molar-refractivity contribution in [2.75, 3.05) is 0 Å². The van der Waals surface area contributed by atoms with Gasteiger partial charge in [-0.15, -0.1) is 0 Å². The zero-order valence-electron chi connectivity index (χ0n) is 12.2. The van der Waals surface area contributed by atoms with Gasteiger partial charge in [-0.05, 0) is 59.3 Å². The van der Waals surface area contributed by atoms with Crippen LogP contribution >= 0.6 is 15.9 Å². The molecule has 0 spiro atoms. The van der Waals surface area contributed by atoms with Gasteiger partial charge in [0, 0.05) is 17.1 Å². The number of nitrogens with two attached hydrogens (primary N) is 1. The van der Waals surface area contributed by atoms with Crippen molar-refractivity contribution in [1.82, 2.24) is 4.72 Å². The molecule has 0 saturated heterocycles. The topological polar surface area (TPSA) is 72.2 Å². The first-order chi connectivity index (χ1) is 9.26.